The topological polar surface area (TPSA) is 44.8 Å². The molecule has 1 fully saturated rings. The summed E-state index contributed by atoms with van der Waals surface area (Å²) in [5.74, 6) is 4.30. The number of H-pyrrole nitrogens is 1. The molecule has 1 aromatic rings. The molecule has 5 heteroatoms. The third-order valence-electron chi connectivity index (χ3n) is 2.11. The number of nitrogens with zero attached hydrogens (tertiary/aromatic N) is 3. The smallest absolute Gasteiger partial charge is 0.164 e. The van der Waals surface area contributed by atoms with Crippen molar-refractivity contribution in [1.29, 1.82) is 0 Å². The third-order valence-corrected chi connectivity index (χ3v) is 3.05. The lowest BCUT2D eigenvalue weighted by Crippen LogP contribution is -2.32. The largest absolute Gasteiger partial charge is 0.294 e. The van der Waals surface area contributed by atoms with Crippen LogP contribution in [0.4, 0.5) is 0 Å². The summed E-state index contributed by atoms with van der Waals surface area (Å²) in [5.41, 5.74) is 0. The lowest BCUT2D eigenvalue weighted by Gasteiger charge is -2.24. The molecule has 0 saturated carbocycles. The standard InChI is InChI=1S/C8H14N4S/c1-7-9-8(11-10-7)6-12-2-4-13-5-3-12/h2-6H2,1H3,(H,9,10,11). The van der Waals surface area contributed by atoms with Crippen molar-refractivity contribution >= 4 is 11.8 Å². The van der Waals surface area contributed by atoms with Crippen LogP contribution in [0, 0.1) is 6.92 Å². The van der Waals surface area contributed by atoms with E-state index in [4.69, 9.17) is 0 Å². The fraction of sp³-hybridized carbons (Fsp3) is 0.750. The average molecular weight is 198 g/mol. The highest BCUT2D eigenvalue weighted by Crippen LogP contribution is 2.10. The second kappa shape index (κ2) is 4.11. The van der Waals surface area contributed by atoms with Crippen LogP contribution in [0.25, 0.3) is 0 Å². The molecule has 2 heterocycles. The van der Waals surface area contributed by atoms with Crippen molar-refractivity contribution in [2.24, 2.45) is 0 Å². The first kappa shape index (κ1) is 9.02. The molecule has 4 nitrogen and oxygen atoms in total. The molecule has 0 unspecified atom stereocenters. The first-order valence-electron chi connectivity index (χ1n) is 4.52. The van der Waals surface area contributed by atoms with Crippen molar-refractivity contribution in [2.75, 3.05) is 24.6 Å². The van der Waals surface area contributed by atoms with Gasteiger partial charge < -0.3 is 0 Å². The number of aryl methyl sites for hydroxylation is 1. The van der Waals surface area contributed by atoms with Crippen molar-refractivity contribution in [3.8, 4) is 0 Å². The van der Waals surface area contributed by atoms with E-state index in [0.717, 1.165) is 31.3 Å². The molecule has 1 aliphatic heterocycles. The van der Waals surface area contributed by atoms with Gasteiger partial charge in [0.1, 0.15) is 5.82 Å². The molecule has 0 spiro atoms. The Kier molecular flexibility index (Phi) is 2.85. The Morgan fingerprint density at radius 1 is 1.46 bits per heavy atom. The number of hydrogen-bond donors (Lipinski definition) is 1. The summed E-state index contributed by atoms with van der Waals surface area (Å²) >= 11 is 2.02. The van der Waals surface area contributed by atoms with Crippen LogP contribution in [0.5, 0.6) is 0 Å². The van der Waals surface area contributed by atoms with Gasteiger partial charge in [-0.3, -0.25) is 10.00 Å². The molecule has 0 aliphatic carbocycles. The van der Waals surface area contributed by atoms with E-state index in [1.807, 2.05) is 18.7 Å². The number of hydrogen-bond acceptors (Lipinski definition) is 4. The van der Waals surface area contributed by atoms with E-state index in [9.17, 15) is 0 Å². The van der Waals surface area contributed by atoms with Gasteiger partial charge in [0.15, 0.2) is 5.82 Å². The first-order valence-corrected chi connectivity index (χ1v) is 5.68. The summed E-state index contributed by atoms with van der Waals surface area (Å²) in [7, 11) is 0. The lowest BCUT2D eigenvalue weighted by molar-refractivity contribution is 0.287. The van der Waals surface area contributed by atoms with E-state index in [2.05, 4.69) is 20.1 Å². The van der Waals surface area contributed by atoms with Crippen LogP contribution in [-0.2, 0) is 6.54 Å². The number of aromatic amines is 1. The monoisotopic (exact) mass is 198 g/mol. The SMILES string of the molecule is Cc1nc(CN2CCSCC2)n[nH]1. The molecule has 13 heavy (non-hydrogen) atoms. The van der Waals surface area contributed by atoms with Crippen LogP contribution in [0.1, 0.15) is 11.6 Å². The second-order valence-corrected chi connectivity index (χ2v) is 4.45. The Morgan fingerprint density at radius 3 is 2.85 bits per heavy atom. The average Bonchev–Trinajstić information content (AvgIpc) is 2.53. The Morgan fingerprint density at radius 2 is 2.23 bits per heavy atom. The highest BCUT2D eigenvalue weighted by molar-refractivity contribution is 7.99. The molecular weight excluding hydrogens is 184 g/mol. The molecule has 2 rings (SSSR count). The van der Waals surface area contributed by atoms with Crippen LogP contribution in [0.15, 0.2) is 0 Å². The molecule has 0 bridgehead atoms. The van der Waals surface area contributed by atoms with E-state index < -0.39 is 0 Å². The van der Waals surface area contributed by atoms with Gasteiger partial charge in [-0.1, -0.05) is 0 Å². The quantitative estimate of drug-likeness (QED) is 0.758. The third kappa shape index (κ3) is 2.45. The Labute approximate surface area is 82.1 Å². The minimum Gasteiger partial charge on any atom is -0.294 e. The Hall–Kier alpha value is -0.550. The fourth-order valence-corrected chi connectivity index (χ4v) is 2.40. The minimum atomic E-state index is 0.894. The van der Waals surface area contributed by atoms with Crippen molar-refractivity contribution in [3.63, 3.8) is 0 Å². The zero-order valence-electron chi connectivity index (χ0n) is 7.79. The van der Waals surface area contributed by atoms with Gasteiger partial charge in [-0.05, 0) is 6.92 Å². The van der Waals surface area contributed by atoms with Crippen molar-refractivity contribution in [2.45, 2.75) is 13.5 Å². The van der Waals surface area contributed by atoms with Crippen molar-refractivity contribution in [3.05, 3.63) is 11.6 Å². The summed E-state index contributed by atoms with van der Waals surface area (Å²) < 4.78 is 0. The summed E-state index contributed by atoms with van der Waals surface area (Å²) in [4.78, 5) is 6.69. The predicted molar refractivity (Wildman–Crippen MR) is 53.7 cm³/mol. The Balaban J connectivity index is 1.89. The van der Waals surface area contributed by atoms with Gasteiger partial charge in [-0.2, -0.15) is 16.9 Å². The molecule has 0 radical (unpaired) electrons. The minimum absolute atomic E-state index is 0.894. The van der Waals surface area contributed by atoms with Crippen LogP contribution in [-0.4, -0.2) is 44.7 Å². The highest BCUT2D eigenvalue weighted by atomic mass is 32.2. The molecule has 0 aromatic carbocycles. The van der Waals surface area contributed by atoms with Gasteiger partial charge in [0.05, 0.1) is 6.54 Å². The summed E-state index contributed by atoms with van der Waals surface area (Å²) in [6.07, 6.45) is 0. The summed E-state index contributed by atoms with van der Waals surface area (Å²) in [6, 6.07) is 0. The molecule has 1 aromatic heterocycles. The zero-order valence-corrected chi connectivity index (χ0v) is 8.60. The van der Waals surface area contributed by atoms with Crippen LogP contribution >= 0.6 is 11.8 Å². The van der Waals surface area contributed by atoms with E-state index in [-0.39, 0.29) is 0 Å². The van der Waals surface area contributed by atoms with Gasteiger partial charge in [0, 0.05) is 24.6 Å². The number of aromatic nitrogens is 3. The van der Waals surface area contributed by atoms with Gasteiger partial charge in [0.2, 0.25) is 0 Å². The molecule has 1 saturated heterocycles. The molecule has 1 aliphatic rings. The predicted octanol–water partition coefficient (Wildman–Crippen LogP) is 0.662. The number of thioether (sulfide) groups is 1. The fourth-order valence-electron chi connectivity index (χ4n) is 1.42. The maximum Gasteiger partial charge on any atom is 0.164 e. The summed E-state index contributed by atoms with van der Waals surface area (Å²) in [5, 5.41) is 6.99. The van der Waals surface area contributed by atoms with E-state index >= 15 is 0 Å². The molecule has 1 N–H and O–H groups in total. The van der Waals surface area contributed by atoms with E-state index in [1.165, 1.54) is 11.5 Å². The molecule has 0 atom stereocenters. The molecule has 72 valence electrons. The lowest BCUT2D eigenvalue weighted by atomic mass is 10.4. The van der Waals surface area contributed by atoms with E-state index in [0.29, 0.717) is 0 Å². The van der Waals surface area contributed by atoms with Crippen LogP contribution in [0.2, 0.25) is 0 Å². The highest BCUT2D eigenvalue weighted by Gasteiger charge is 2.12. The van der Waals surface area contributed by atoms with Gasteiger partial charge in [-0.25, -0.2) is 4.98 Å². The maximum absolute atomic E-state index is 4.29. The normalized spacial score (nSPS) is 19.2. The van der Waals surface area contributed by atoms with Gasteiger partial charge in [-0.15, -0.1) is 0 Å². The van der Waals surface area contributed by atoms with E-state index in [1.54, 1.807) is 0 Å². The van der Waals surface area contributed by atoms with Gasteiger partial charge >= 0.3 is 0 Å². The zero-order chi connectivity index (χ0) is 9.10. The van der Waals surface area contributed by atoms with Crippen molar-refractivity contribution < 1.29 is 0 Å². The molecular formula is C8H14N4S. The van der Waals surface area contributed by atoms with Crippen molar-refractivity contribution in [1.82, 2.24) is 20.1 Å². The van der Waals surface area contributed by atoms with Gasteiger partial charge in [0.25, 0.3) is 0 Å². The van der Waals surface area contributed by atoms with Crippen LogP contribution in [0.3, 0.4) is 0 Å². The second-order valence-electron chi connectivity index (χ2n) is 3.23. The first-order chi connectivity index (χ1) is 6.34. The molecule has 0 amide bonds. The Bertz CT molecular complexity index is 267. The maximum atomic E-state index is 4.29. The summed E-state index contributed by atoms with van der Waals surface area (Å²) in [6.45, 7) is 5.16. The number of nitrogens with one attached hydrogen (secondary N) is 1. The van der Waals surface area contributed by atoms with Crippen LogP contribution < -0.4 is 0 Å². The number of rotatable bonds is 2.